The summed E-state index contributed by atoms with van der Waals surface area (Å²) in [6.07, 6.45) is 6.60. The van der Waals surface area contributed by atoms with Crippen LogP contribution in [-0.2, 0) is 21.4 Å². The molecular formula is C20H23NO5. The third kappa shape index (κ3) is 2.40. The molecule has 6 heteroatoms. The quantitative estimate of drug-likeness (QED) is 0.614. The molecule has 26 heavy (non-hydrogen) atoms. The topological polar surface area (TPSA) is 57.2 Å². The van der Waals surface area contributed by atoms with Gasteiger partial charge in [-0.2, -0.15) is 0 Å². The normalized spacial score (nSPS) is 28.5. The van der Waals surface area contributed by atoms with E-state index in [2.05, 4.69) is 18.7 Å². The highest BCUT2D eigenvalue weighted by molar-refractivity contribution is 5.70. The zero-order valence-electron chi connectivity index (χ0n) is 15.1. The fraction of sp³-hybridized carbons (Fsp3) is 0.450. The van der Waals surface area contributed by atoms with Crippen LogP contribution in [-0.4, -0.2) is 44.0 Å². The maximum Gasteiger partial charge on any atom is 0.414 e. The molecule has 0 saturated carbocycles. The van der Waals surface area contributed by atoms with Crippen molar-refractivity contribution < 1.29 is 23.7 Å². The molecule has 0 N–H and O–H groups in total. The fourth-order valence-corrected chi connectivity index (χ4v) is 4.40. The number of rotatable bonds is 3. The van der Waals surface area contributed by atoms with Gasteiger partial charge in [0.25, 0.3) is 0 Å². The van der Waals surface area contributed by atoms with Crippen molar-refractivity contribution in [1.29, 1.82) is 0 Å². The van der Waals surface area contributed by atoms with Gasteiger partial charge in [0.2, 0.25) is 0 Å². The molecule has 1 aromatic rings. The van der Waals surface area contributed by atoms with E-state index in [1.54, 1.807) is 19.1 Å². The summed E-state index contributed by atoms with van der Waals surface area (Å²) in [5.74, 6) is 1.51. The lowest BCUT2D eigenvalue weighted by Crippen LogP contribution is -2.43. The number of methoxy groups -OCH3 is 2. The second-order valence-electron chi connectivity index (χ2n) is 6.87. The van der Waals surface area contributed by atoms with E-state index >= 15 is 0 Å². The molecule has 3 atom stereocenters. The highest BCUT2D eigenvalue weighted by atomic mass is 16.5. The number of ether oxygens (including phenoxy) is 4. The molecule has 0 aromatic heterocycles. The van der Waals surface area contributed by atoms with Crippen LogP contribution in [0, 0.1) is 0 Å². The summed E-state index contributed by atoms with van der Waals surface area (Å²) >= 11 is 0. The molecule has 0 fully saturated rings. The van der Waals surface area contributed by atoms with Gasteiger partial charge < -0.3 is 23.8 Å². The average molecular weight is 357 g/mol. The molecule has 1 amide bonds. The molecule has 6 nitrogen and oxygen atoms in total. The minimum atomic E-state index is -0.382. The molecule has 4 rings (SSSR count). The number of carbonyl (C=O) groups excluding carboxylic acids is 1. The van der Waals surface area contributed by atoms with Crippen LogP contribution in [0.1, 0.15) is 24.0 Å². The van der Waals surface area contributed by atoms with Crippen LogP contribution >= 0.6 is 0 Å². The lowest BCUT2D eigenvalue weighted by Gasteiger charge is -2.36. The van der Waals surface area contributed by atoms with Gasteiger partial charge in [-0.25, -0.2) is 4.79 Å². The Bertz CT molecular complexity index is 774. The van der Waals surface area contributed by atoms with E-state index < -0.39 is 0 Å². The number of carbonyl (C=O) groups is 1. The lowest BCUT2D eigenvalue weighted by molar-refractivity contribution is 0.0542. The predicted molar refractivity (Wildman–Crippen MR) is 95.3 cm³/mol. The summed E-state index contributed by atoms with van der Waals surface area (Å²) in [5, 5.41) is 0. The summed E-state index contributed by atoms with van der Waals surface area (Å²) in [6.45, 7) is 4.52. The number of benzene rings is 1. The molecule has 0 bridgehead atoms. The Morgan fingerprint density at radius 2 is 2.27 bits per heavy atom. The van der Waals surface area contributed by atoms with Gasteiger partial charge in [0.1, 0.15) is 6.10 Å². The maximum absolute atomic E-state index is 12.3. The molecular weight excluding hydrogens is 334 g/mol. The number of hydrogen-bond donors (Lipinski definition) is 0. The Kier molecular flexibility index (Phi) is 4.15. The van der Waals surface area contributed by atoms with Crippen molar-refractivity contribution in [1.82, 2.24) is 4.90 Å². The minimum Gasteiger partial charge on any atom is -0.493 e. The van der Waals surface area contributed by atoms with E-state index in [0.29, 0.717) is 13.1 Å². The number of hydrogen-bond acceptors (Lipinski definition) is 5. The lowest BCUT2D eigenvalue weighted by atomic mass is 9.69. The van der Waals surface area contributed by atoms with Crippen molar-refractivity contribution in [3.63, 3.8) is 0 Å². The largest absolute Gasteiger partial charge is 0.493 e. The van der Waals surface area contributed by atoms with E-state index in [4.69, 9.17) is 18.9 Å². The van der Waals surface area contributed by atoms with E-state index in [0.717, 1.165) is 35.5 Å². The Morgan fingerprint density at radius 1 is 1.42 bits per heavy atom. The molecule has 1 spiro atoms. The zero-order valence-corrected chi connectivity index (χ0v) is 15.1. The van der Waals surface area contributed by atoms with Crippen molar-refractivity contribution in [2.45, 2.75) is 37.0 Å². The van der Waals surface area contributed by atoms with Gasteiger partial charge in [-0.15, -0.1) is 0 Å². The Hall–Kier alpha value is -2.47. The smallest absolute Gasteiger partial charge is 0.414 e. The third-order valence-electron chi connectivity index (χ3n) is 5.68. The van der Waals surface area contributed by atoms with Crippen LogP contribution in [0.15, 0.2) is 37.1 Å². The van der Waals surface area contributed by atoms with Gasteiger partial charge in [0, 0.05) is 32.2 Å². The van der Waals surface area contributed by atoms with Crippen molar-refractivity contribution in [2.24, 2.45) is 0 Å². The first-order valence-electron chi connectivity index (χ1n) is 8.78. The second-order valence-corrected chi connectivity index (χ2v) is 6.87. The third-order valence-corrected chi connectivity index (χ3v) is 5.68. The maximum atomic E-state index is 12.3. The van der Waals surface area contributed by atoms with Crippen molar-refractivity contribution >= 4 is 6.09 Å². The van der Waals surface area contributed by atoms with E-state index in [-0.39, 0.29) is 23.7 Å². The zero-order chi connectivity index (χ0) is 18.3. The van der Waals surface area contributed by atoms with Crippen LogP contribution in [0.5, 0.6) is 11.5 Å². The van der Waals surface area contributed by atoms with Gasteiger partial charge in [-0.05, 0) is 18.1 Å². The van der Waals surface area contributed by atoms with Gasteiger partial charge >= 0.3 is 6.09 Å². The first kappa shape index (κ1) is 17.0. The van der Waals surface area contributed by atoms with Crippen LogP contribution < -0.4 is 9.47 Å². The Labute approximate surface area is 153 Å². The molecule has 0 saturated heterocycles. The van der Waals surface area contributed by atoms with Crippen molar-refractivity contribution in [2.75, 3.05) is 20.8 Å². The molecule has 2 unspecified atom stereocenters. The van der Waals surface area contributed by atoms with Crippen LogP contribution in [0.2, 0.25) is 0 Å². The van der Waals surface area contributed by atoms with Crippen molar-refractivity contribution in [3.8, 4) is 11.5 Å². The SMILES string of the molecule is C=COC(=O)N1CCC23C=C[C@H](OC)CC2Oc2c(OC)ccc(c23)C1. The van der Waals surface area contributed by atoms with Crippen molar-refractivity contribution in [3.05, 3.63) is 48.3 Å². The second kappa shape index (κ2) is 6.36. The Morgan fingerprint density at radius 3 is 3.00 bits per heavy atom. The molecule has 2 aliphatic heterocycles. The molecule has 3 aliphatic rings. The fourth-order valence-electron chi connectivity index (χ4n) is 4.40. The monoisotopic (exact) mass is 357 g/mol. The highest BCUT2D eigenvalue weighted by Gasteiger charge is 2.53. The summed E-state index contributed by atoms with van der Waals surface area (Å²) in [5.41, 5.74) is 1.90. The standard InChI is InChI=1S/C20H23NO5/c1-4-25-19(22)21-10-9-20-8-7-14(23-2)11-16(20)26-18-15(24-3)6-5-13(12-21)17(18)20/h4-8,14,16H,1,9-12H2,2-3H3/t14-,16?,20?/m0/s1. The van der Waals surface area contributed by atoms with Gasteiger partial charge in [0.15, 0.2) is 11.5 Å². The van der Waals surface area contributed by atoms with Gasteiger partial charge in [-0.1, -0.05) is 24.8 Å². The molecule has 2 heterocycles. The van der Waals surface area contributed by atoms with E-state index in [1.165, 1.54) is 6.26 Å². The predicted octanol–water partition coefficient (Wildman–Crippen LogP) is 3.15. The summed E-state index contributed by atoms with van der Waals surface area (Å²) in [6, 6.07) is 3.92. The molecule has 0 radical (unpaired) electrons. The first-order chi connectivity index (χ1) is 12.6. The molecule has 1 aliphatic carbocycles. The summed E-state index contributed by atoms with van der Waals surface area (Å²) < 4.78 is 22.4. The van der Waals surface area contributed by atoms with E-state index in [1.807, 2.05) is 12.1 Å². The van der Waals surface area contributed by atoms with Crippen LogP contribution in [0.25, 0.3) is 0 Å². The van der Waals surface area contributed by atoms with Gasteiger partial charge in [-0.3, -0.25) is 0 Å². The average Bonchev–Trinajstić information content (AvgIpc) is 2.89. The van der Waals surface area contributed by atoms with E-state index in [9.17, 15) is 4.79 Å². The molecule has 138 valence electrons. The van der Waals surface area contributed by atoms with Gasteiger partial charge in [0.05, 0.1) is 24.9 Å². The summed E-state index contributed by atoms with van der Waals surface area (Å²) in [7, 11) is 3.36. The number of amides is 1. The highest BCUT2D eigenvalue weighted by Crippen LogP contribution is 2.55. The van der Waals surface area contributed by atoms with Crippen LogP contribution in [0.3, 0.4) is 0 Å². The minimum absolute atomic E-state index is 0.0273. The number of nitrogens with zero attached hydrogens (tertiary/aromatic N) is 1. The molecule has 1 aromatic carbocycles. The Balaban J connectivity index is 1.82. The van der Waals surface area contributed by atoms with Crippen LogP contribution in [0.4, 0.5) is 4.79 Å². The first-order valence-corrected chi connectivity index (χ1v) is 8.78. The summed E-state index contributed by atoms with van der Waals surface area (Å²) in [4.78, 5) is 14.0.